The standard InChI is InChI=1S/C15H14BrClN2/c16-12-13(10-6-4-5-7-10)18-15(19-14(12)17)11-8-2-1-3-9-11/h1-3,8-10H,4-7H2. The van der Waals surface area contributed by atoms with Crippen LogP contribution in [-0.4, -0.2) is 9.97 Å². The van der Waals surface area contributed by atoms with Gasteiger partial charge in [0.15, 0.2) is 5.82 Å². The molecule has 0 unspecified atom stereocenters. The van der Waals surface area contributed by atoms with Gasteiger partial charge in [-0.2, -0.15) is 0 Å². The molecular formula is C15H14BrClN2. The molecule has 1 aromatic heterocycles. The molecular weight excluding hydrogens is 324 g/mol. The number of hydrogen-bond acceptors (Lipinski definition) is 2. The summed E-state index contributed by atoms with van der Waals surface area (Å²) in [6, 6.07) is 9.99. The fraction of sp³-hybridized carbons (Fsp3) is 0.333. The van der Waals surface area contributed by atoms with E-state index in [4.69, 9.17) is 16.6 Å². The highest BCUT2D eigenvalue weighted by Crippen LogP contribution is 2.39. The predicted molar refractivity (Wildman–Crippen MR) is 81.4 cm³/mol. The van der Waals surface area contributed by atoms with E-state index < -0.39 is 0 Å². The van der Waals surface area contributed by atoms with Gasteiger partial charge in [0.05, 0.1) is 10.2 Å². The van der Waals surface area contributed by atoms with Crippen molar-refractivity contribution in [2.24, 2.45) is 0 Å². The Morgan fingerprint density at radius 3 is 2.42 bits per heavy atom. The van der Waals surface area contributed by atoms with Gasteiger partial charge in [-0.15, -0.1) is 0 Å². The van der Waals surface area contributed by atoms with E-state index in [0.717, 1.165) is 21.6 Å². The minimum Gasteiger partial charge on any atom is -0.231 e. The third kappa shape index (κ3) is 2.67. The Labute approximate surface area is 126 Å². The van der Waals surface area contributed by atoms with Gasteiger partial charge in [-0.25, -0.2) is 9.97 Å². The van der Waals surface area contributed by atoms with Crippen LogP contribution in [0.25, 0.3) is 11.4 Å². The van der Waals surface area contributed by atoms with Gasteiger partial charge in [0.1, 0.15) is 5.15 Å². The zero-order chi connectivity index (χ0) is 13.2. The maximum Gasteiger partial charge on any atom is 0.161 e. The molecule has 98 valence electrons. The number of hydrogen-bond donors (Lipinski definition) is 0. The van der Waals surface area contributed by atoms with Gasteiger partial charge >= 0.3 is 0 Å². The first-order chi connectivity index (χ1) is 9.25. The Bertz CT molecular complexity index is 580. The summed E-state index contributed by atoms with van der Waals surface area (Å²) < 4.78 is 0.862. The third-order valence-electron chi connectivity index (χ3n) is 3.61. The minimum atomic E-state index is 0.510. The van der Waals surface area contributed by atoms with Crippen molar-refractivity contribution >= 4 is 27.5 Å². The first-order valence-electron chi connectivity index (χ1n) is 6.54. The second-order valence-corrected chi connectivity index (χ2v) is 6.04. The summed E-state index contributed by atoms with van der Waals surface area (Å²) in [7, 11) is 0. The Hall–Kier alpha value is -0.930. The van der Waals surface area contributed by atoms with E-state index >= 15 is 0 Å². The molecule has 19 heavy (non-hydrogen) atoms. The number of rotatable bonds is 2. The van der Waals surface area contributed by atoms with Crippen LogP contribution in [-0.2, 0) is 0 Å². The second kappa shape index (κ2) is 5.59. The monoisotopic (exact) mass is 336 g/mol. The first kappa shape index (κ1) is 13.1. The Balaban J connectivity index is 2.07. The van der Waals surface area contributed by atoms with Crippen LogP contribution in [0.15, 0.2) is 34.8 Å². The molecule has 2 aromatic rings. The zero-order valence-corrected chi connectivity index (χ0v) is 12.8. The molecule has 0 aliphatic heterocycles. The van der Waals surface area contributed by atoms with Crippen molar-refractivity contribution in [3.63, 3.8) is 0 Å². The molecule has 1 aromatic carbocycles. The molecule has 1 fully saturated rings. The van der Waals surface area contributed by atoms with Crippen molar-refractivity contribution in [1.29, 1.82) is 0 Å². The van der Waals surface area contributed by atoms with Crippen molar-refractivity contribution in [3.8, 4) is 11.4 Å². The number of benzene rings is 1. The first-order valence-corrected chi connectivity index (χ1v) is 7.71. The van der Waals surface area contributed by atoms with Crippen LogP contribution in [0.1, 0.15) is 37.3 Å². The van der Waals surface area contributed by atoms with E-state index in [1.807, 2.05) is 30.3 Å². The van der Waals surface area contributed by atoms with Crippen LogP contribution in [0.3, 0.4) is 0 Å². The molecule has 0 amide bonds. The van der Waals surface area contributed by atoms with Crippen molar-refractivity contribution in [2.75, 3.05) is 0 Å². The topological polar surface area (TPSA) is 25.8 Å². The normalized spacial score (nSPS) is 15.9. The van der Waals surface area contributed by atoms with E-state index in [9.17, 15) is 0 Å². The predicted octanol–water partition coefficient (Wildman–Crippen LogP) is 5.22. The van der Waals surface area contributed by atoms with Crippen LogP contribution < -0.4 is 0 Å². The lowest BCUT2D eigenvalue weighted by Gasteiger charge is -2.13. The van der Waals surface area contributed by atoms with Crippen molar-refractivity contribution in [3.05, 3.63) is 45.7 Å². The second-order valence-electron chi connectivity index (χ2n) is 4.88. The van der Waals surface area contributed by atoms with Crippen LogP contribution in [0, 0.1) is 0 Å². The van der Waals surface area contributed by atoms with Gasteiger partial charge in [0.25, 0.3) is 0 Å². The van der Waals surface area contributed by atoms with Crippen LogP contribution in [0.4, 0.5) is 0 Å². The summed E-state index contributed by atoms with van der Waals surface area (Å²) in [6.45, 7) is 0. The van der Waals surface area contributed by atoms with Gasteiger partial charge in [0.2, 0.25) is 0 Å². The maximum absolute atomic E-state index is 6.25. The lowest BCUT2D eigenvalue weighted by molar-refractivity contribution is 0.691. The van der Waals surface area contributed by atoms with Crippen LogP contribution in [0.2, 0.25) is 5.15 Å². The van der Waals surface area contributed by atoms with Gasteiger partial charge in [0, 0.05) is 11.5 Å². The highest BCUT2D eigenvalue weighted by atomic mass is 79.9. The summed E-state index contributed by atoms with van der Waals surface area (Å²) in [6.07, 6.45) is 4.94. The molecule has 1 saturated carbocycles. The quantitative estimate of drug-likeness (QED) is 0.702. The Kier molecular flexibility index (Phi) is 3.85. The number of halogens is 2. The van der Waals surface area contributed by atoms with E-state index in [0.29, 0.717) is 11.1 Å². The maximum atomic E-state index is 6.25. The number of nitrogens with zero attached hydrogens (tertiary/aromatic N) is 2. The molecule has 2 nitrogen and oxygen atoms in total. The van der Waals surface area contributed by atoms with Crippen molar-refractivity contribution in [1.82, 2.24) is 9.97 Å². The SMILES string of the molecule is Clc1nc(-c2ccccc2)nc(C2CCCC2)c1Br. The Morgan fingerprint density at radius 2 is 1.74 bits per heavy atom. The highest BCUT2D eigenvalue weighted by Gasteiger charge is 2.23. The van der Waals surface area contributed by atoms with E-state index in [-0.39, 0.29) is 0 Å². The lowest BCUT2D eigenvalue weighted by Crippen LogP contribution is -2.02. The van der Waals surface area contributed by atoms with Gasteiger partial charge in [-0.05, 0) is 28.8 Å². The molecule has 0 radical (unpaired) electrons. The summed E-state index contributed by atoms with van der Waals surface area (Å²) in [4.78, 5) is 9.13. The summed E-state index contributed by atoms with van der Waals surface area (Å²) in [5, 5.41) is 0.510. The molecule has 0 saturated heterocycles. The lowest BCUT2D eigenvalue weighted by atomic mass is 10.0. The molecule has 0 spiro atoms. The summed E-state index contributed by atoms with van der Waals surface area (Å²) in [5.41, 5.74) is 2.08. The van der Waals surface area contributed by atoms with E-state index in [1.165, 1.54) is 25.7 Å². The molecule has 1 aliphatic carbocycles. The molecule has 1 aliphatic rings. The van der Waals surface area contributed by atoms with Crippen LogP contribution >= 0.6 is 27.5 Å². The van der Waals surface area contributed by atoms with E-state index in [2.05, 4.69) is 20.9 Å². The molecule has 0 bridgehead atoms. The van der Waals surface area contributed by atoms with Crippen molar-refractivity contribution in [2.45, 2.75) is 31.6 Å². The number of aromatic nitrogens is 2. The molecule has 0 atom stereocenters. The summed E-state index contributed by atoms with van der Waals surface area (Å²) in [5.74, 6) is 1.23. The Morgan fingerprint density at radius 1 is 1.05 bits per heavy atom. The molecule has 0 N–H and O–H groups in total. The van der Waals surface area contributed by atoms with Gasteiger partial charge < -0.3 is 0 Å². The van der Waals surface area contributed by atoms with Crippen molar-refractivity contribution < 1.29 is 0 Å². The van der Waals surface area contributed by atoms with Gasteiger partial charge in [-0.1, -0.05) is 54.8 Å². The molecule has 4 heteroatoms. The largest absolute Gasteiger partial charge is 0.231 e. The average Bonchev–Trinajstić information content (AvgIpc) is 2.96. The van der Waals surface area contributed by atoms with E-state index in [1.54, 1.807) is 0 Å². The minimum absolute atomic E-state index is 0.510. The molecule has 3 rings (SSSR count). The zero-order valence-electron chi connectivity index (χ0n) is 10.4. The smallest absolute Gasteiger partial charge is 0.161 e. The summed E-state index contributed by atoms with van der Waals surface area (Å²) >= 11 is 9.79. The van der Waals surface area contributed by atoms with Crippen LogP contribution in [0.5, 0.6) is 0 Å². The molecule has 1 heterocycles. The fourth-order valence-electron chi connectivity index (χ4n) is 2.62. The average molecular weight is 338 g/mol. The third-order valence-corrected chi connectivity index (χ3v) is 4.89. The fourth-order valence-corrected chi connectivity index (χ4v) is 3.30. The highest BCUT2D eigenvalue weighted by molar-refractivity contribution is 9.10. The van der Waals surface area contributed by atoms with Gasteiger partial charge in [-0.3, -0.25) is 0 Å².